The van der Waals surface area contributed by atoms with Crippen LogP contribution in [0, 0.1) is 0 Å². The maximum Gasteiger partial charge on any atom is 0.491 e. The van der Waals surface area contributed by atoms with Gasteiger partial charge in [-0.1, -0.05) is 25.2 Å². The summed E-state index contributed by atoms with van der Waals surface area (Å²) in [5.74, 6) is 0. The molecule has 0 aliphatic heterocycles. The van der Waals surface area contributed by atoms with Crippen molar-refractivity contribution in [2.75, 3.05) is 13.1 Å². The lowest BCUT2D eigenvalue weighted by Crippen LogP contribution is -2.51. The Morgan fingerprint density at radius 1 is 1.41 bits per heavy atom. The molecule has 0 saturated carbocycles. The van der Waals surface area contributed by atoms with Crippen molar-refractivity contribution in [1.29, 1.82) is 0 Å². The van der Waals surface area contributed by atoms with Gasteiger partial charge in [0.1, 0.15) is 0 Å². The quantitative estimate of drug-likeness (QED) is 0.364. The number of alkyl halides is 1. The monoisotopic (exact) mass is 329 g/mol. The lowest BCUT2D eigenvalue weighted by atomic mass is 9.72. The van der Waals surface area contributed by atoms with Crippen LogP contribution in [0.3, 0.4) is 0 Å². The molecule has 0 aromatic carbocycles. The van der Waals surface area contributed by atoms with Crippen molar-refractivity contribution in [3.63, 3.8) is 0 Å². The minimum Gasteiger partial charge on any atom is -0.423 e. The minimum atomic E-state index is -1.12. The Kier molecular flexibility index (Phi) is 6.72. The molecular weight excluding hydrogens is 300 g/mol. The van der Waals surface area contributed by atoms with Crippen LogP contribution in [-0.2, 0) is 4.65 Å². The number of halogens is 1. The first-order chi connectivity index (χ1) is 10.0. The predicted octanol–water partition coefficient (Wildman–Crippen LogP) is 2.44. The average Bonchev–Trinajstić information content (AvgIpc) is 2.37. The Labute approximate surface area is 139 Å². The maximum atomic E-state index is 10.3. The summed E-state index contributed by atoms with van der Waals surface area (Å²) in [5, 5.41) is 23.8. The zero-order valence-electron chi connectivity index (χ0n) is 14.3. The smallest absolute Gasteiger partial charge is 0.423 e. The normalized spacial score (nSPS) is 22.6. The topological polar surface area (TPSA) is 61.7 Å². The molecule has 1 rings (SSSR count). The van der Waals surface area contributed by atoms with Gasteiger partial charge in [-0.25, -0.2) is 0 Å². The highest BCUT2D eigenvalue weighted by Crippen LogP contribution is 2.31. The van der Waals surface area contributed by atoms with Crippen LogP contribution in [0.2, 0.25) is 0 Å². The van der Waals surface area contributed by atoms with Gasteiger partial charge < -0.3 is 20.1 Å². The van der Waals surface area contributed by atoms with Crippen molar-refractivity contribution in [1.82, 2.24) is 5.32 Å². The molecule has 0 heterocycles. The molecule has 22 heavy (non-hydrogen) atoms. The van der Waals surface area contributed by atoms with Gasteiger partial charge in [-0.2, -0.15) is 0 Å². The van der Waals surface area contributed by atoms with Crippen LogP contribution in [0.15, 0.2) is 23.7 Å². The molecule has 1 aliphatic carbocycles. The van der Waals surface area contributed by atoms with Gasteiger partial charge >= 0.3 is 7.12 Å². The number of aliphatic hydroxyl groups is 1. The number of nitrogens with one attached hydrogen (secondary N) is 1. The van der Waals surface area contributed by atoms with Crippen LogP contribution in [-0.4, -0.2) is 46.4 Å². The van der Waals surface area contributed by atoms with E-state index in [0.29, 0.717) is 18.4 Å². The van der Waals surface area contributed by atoms with E-state index in [9.17, 15) is 10.1 Å². The van der Waals surface area contributed by atoms with Crippen molar-refractivity contribution in [2.24, 2.45) is 0 Å². The third-order valence-electron chi connectivity index (χ3n) is 4.20. The molecule has 0 unspecified atom stereocenters. The van der Waals surface area contributed by atoms with E-state index < -0.39 is 23.2 Å². The van der Waals surface area contributed by atoms with E-state index in [2.05, 4.69) is 12.2 Å². The van der Waals surface area contributed by atoms with E-state index in [-0.39, 0.29) is 0 Å². The summed E-state index contributed by atoms with van der Waals surface area (Å²) in [6, 6.07) is 0. The second-order valence-electron chi connectivity index (χ2n) is 7.00. The molecule has 0 fully saturated rings. The molecule has 4 nitrogen and oxygen atoms in total. The molecule has 0 aromatic rings. The number of hydrogen-bond donors (Lipinski definition) is 3. The van der Waals surface area contributed by atoms with Gasteiger partial charge in [0, 0.05) is 6.54 Å². The van der Waals surface area contributed by atoms with E-state index in [1.54, 1.807) is 27.7 Å². The molecule has 126 valence electrons. The molecule has 0 spiro atoms. The van der Waals surface area contributed by atoms with Crippen LogP contribution in [0.1, 0.15) is 47.5 Å². The third kappa shape index (κ3) is 5.39. The molecule has 3 N–H and O–H groups in total. The van der Waals surface area contributed by atoms with Gasteiger partial charge in [0.15, 0.2) is 0 Å². The Hall–Kier alpha value is -0.325. The van der Waals surface area contributed by atoms with Crippen molar-refractivity contribution >= 4 is 18.7 Å². The largest absolute Gasteiger partial charge is 0.491 e. The highest BCUT2D eigenvalue weighted by atomic mass is 35.5. The Bertz CT molecular complexity index is 432. The summed E-state index contributed by atoms with van der Waals surface area (Å²) < 4.78 is 5.67. The van der Waals surface area contributed by atoms with Crippen molar-refractivity contribution < 1.29 is 14.8 Å². The number of allylic oxidation sites excluding steroid dienone is 3. The first-order valence-corrected chi connectivity index (χ1v) is 8.26. The fourth-order valence-electron chi connectivity index (χ4n) is 2.04. The third-order valence-corrected chi connectivity index (χ3v) is 4.60. The van der Waals surface area contributed by atoms with Crippen molar-refractivity contribution in [3.8, 4) is 0 Å². The summed E-state index contributed by atoms with van der Waals surface area (Å²) in [6.45, 7) is 10.5. The zero-order chi connectivity index (χ0) is 17.0. The summed E-state index contributed by atoms with van der Waals surface area (Å²) in [6.07, 6.45) is 7.37. The van der Waals surface area contributed by atoms with Gasteiger partial charge in [-0.15, -0.1) is 11.6 Å². The summed E-state index contributed by atoms with van der Waals surface area (Å²) in [4.78, 5) is -0.553. The van der Waals surface area contributed by atoms with Crippen LogP contribution < -0.4 is 5.32 Å². The lowest BCUT2D eigenvalue weighted by molar-refractivity contribution is -0.0987. The van der Waals surface area contributed by atoms with E-state index >= 15 is 0 Å². The van der Waals surface area contributed by atoms with E-state index in [1.807, 2.05) is 18.2 Å². The van der Waals surface area contributed by atoms with Gasteiger partial charge in [0.25, 0.3) is 0 Å². The first-order valence-electron chi connectivity index (χ1n) is 7.88. The van der Waals surface area contributed by atoms with E-state index in [4.69, 9.17) is 16.3 Å². The van der Waals surface area contributed by atoms with E-state index in [0.717, 1.165) is 13.0 Å². The van der Waals surface area contributed by atoms with Gasteiger partial charge in [0.2, 0.25) is 0 Å². The number of hydrogen-bond acceptors (Lipinski definition) is 4. The SMILES string of the molecule is CCCNC[C@]1(Cl)C=C(B(O)OC(C)(C)C(C)(C)O)C=CC1. The molecular formula is C16H29BClNO3. The molecule has 1 atom stereocenters. The maximum absolute atomic E-state index is 10.3. The molecule has 0 saturated heterocycles. The Morgan fingerprint density at radius 3 is 2.59 bits per heavy atom. The van der Waals surface area contributed by atoms with Crippen LogP contribution in [0.25, 0.3) is 0 Å². The second kappa shape index (κ2) is 7.50. The summed E-state index contributed by atoms with van der Waals surface area (Å²) in [5.41, 5.74) is -1.35. The second-order valence-corrected chi connectivity index (χ2v) is 7.75. The Morgan fingerprint density at radius 2 is 2.05 bits per heavy atom. The van der Waals surface area contributed by atoms with Gasteiger partial charge in [-0.3, -0.25) is 0 Å². The summed E-state index contributed by atoms with van der Waals surface area (Å²) >= 11 is 6.60. The summed E-state index contributed by atoms with van der Waals surface area (Å²) in [7, 11) is -1.12. The molecule has 1 aliphatic rings. The van der Waals surface area contributed by atoms with Crippen LogP contribution in [0.5, 0.6) is 0 Å². The highest BCUT2D eigenvalue weighted by Gasteiger charge is 2.40. The number of rotatable bonds is 8. The fraction of sp³-hybridized carbons (Fsp3) is 0.750. The van der Waals surface area contributed by atoms with Crippen molar-refractivity contribution in [2.45, 2.75) is 63.5 Å². The molecule has 0 aromatic heterocycles. The fourth-order valence-corrected chi connectivity index (χ4v) is 2.35. The van der Waals surface area contributed by atoms with Crippen molar-refractivity contribution in [3.05, 3.63) is 23.7 Å². The molecule has 0 amide bonds. The lowest BCUT2D eigenvalue weighted by Gasteiger charge is -2.39. The zero-order valence-corrected chi connectivity index (χ0v) is 15.1. The Balaban J connectivity index is 2.77. The standard InChI is InChI=1S/C16H29BClNO3/c1-6-10-19-12-16(18)9-7-8-13(11-16)17(21)22-15(4,5)14(2,3)20/h7-8,11,19-21H,6,9-10,12H2,1-5H3/t16-/m1/s1. The molecule has 6 heteroatoms. The minimum absolute atomic E-state index is 0.553. The predicted molar refractivity (Wildman–Crippen MR) is 93.0 cm³/mol. The van der Waals surface area contributed by atoms with E-state index in [1.165, 1.54) is 0 Å². The average molecular weight is 330 g/mol. The van der Waals surface area contributed by atoms with Crippen LogP contribution >= 0.6 is 11.6 Å². The molecule has 0 bridgehead atoms. The van der Waals surface area contributed by atoms with Crippen LogP contribution in [0.4, 0.5) is 0 Å². The van der Waals surface area contributed by atoms with Gasteiger partial charge in [-0.05, 0) is 52.6 Å². The van der Waals surface area contributed by atoms with Gasteiger partial charge in [0.05, 0.1) is 16.1 Å². The first kappa shape index (κ1) is 19.7. The highest BCUT2D eigenvalue weighted by molar-refractivity contribution is 6.53. The molecule has 0 radical (unpaired) electrons.